The summed E-state index contributed by atoms with van der Waals surface area (Å²) in [5.41, 5.74) is 2.93. The van der Waals surface area contributed by atoms with E-state index in [-0.39, 0.29) is 0 Å². The first kappa shape index (κ1) is 13.3. The van der Waals surface area contributed by atoms with Crippen LogP contribution in [0, 0.1) is 0 Å². The van der Waals surface area contributed by atoms with Gasteiger partial charge in [0.05, 0.1) is 6.20 Å². The second-order valence-corrected chi connectivity index (χ2v) is 5.16. The van der Waals surface area contributed by atoms with Crippen LogP contribution in [0.2, 0.25) is 0 Å². The SMILES string of the molecule is CCn1cc(C(C)NCCC2=CCCCC2)cn1. The van der Waals surface area contributed by atoms with Gasteiger partial charge in [-0.1, -0.05) is 11.6 Å². The van der Waals surface area contributed by atoms with Crippen molar-refractivity contribution in [2.45, 2.75) is 58.5 Å². The van der Waals surface area contributed by atoms with Crippen LogP contribution < -0.4 is 5.32 Å². The molecule has 3 heteroatoms. The summed E-state index contributed by atoms with van der Waals surface area (Å²) in [6, 6.07) is 0.398. The van der Waals surface area contributed by atoms with Gasteiger partial charge in [-0.25, -0.2) is 0 Å². The first-order valence-corrected chi connectivity index (χ1v) is 7.23. The molecule has 0 aromatic carbocycles. The van der Waals surface area contributed by atoms with E-state index in [1.165, 1.54) is 37.7 Å². The van der Waals surface area contributed by atoms with Gasteiger partial charge in [0.25, 0.3) is 0 Å². The van der Waals surface area contributed by atoms with E-state index in [0.29, 0.717) is 6.04 Å². The molecule has 0 radical (unpaired) electrons. The van der Waals surface area contributed by atoms with Crippen molar-refractivity contribution >= 4 is 0 Å². The van der Waals surface area contributed by atoms with Gasteiger partial charge in [0.15, 0.2) is 0 Å². The number of hydrogen-bond donors (Lipinski definition) is 1. The van der Waals surface area contributed by atoms with Crippen molar-refractivity contribution in [2.24, 2.45) is 0 Å². The molecule has 100 valence electrons. The van der Waals surface area contributed by atoms with Crippen molar-refractivity contribution in [2.75, 3.05) is 6.54 Å². The van der Waals surface area contributed by atoms with Crippen LogP contribution in [0.5, 0.6) is 0 Å². The van der Waals surface area contributed by atoms with Crippen LogP contribution in [0.25, 0.3) is 0 Å². The number of allylic oxidation sites excluding steroid dienone is 1. The van der Waals surface area contributed by atoms with Gasteiger partial charge in [0, 0.05) is 24.3 Å². The van der Waals surface area contributed by atoms with Gasteiger partial charge in [-0.2, -0.15) is 5.10 Å². The van der Waals surface area contributed by atoms with Crippen LogP contribution in [0.4, 0.5) is 0 Å². The minimum absolute atomic E-state index is 0.398. The second-order valence-electron chi connectivity index (χ2n) is 5.16. The van der Waals surface area contributed by atoms with Crippen molar-refractivity contribution in [3.63, 3.8) is 0 Å². The highest BCUT2D eigenvalue weighted by Crippen LogP contribution is 2.20. The molecule has 18 heavy (non-hydrogen) atoms. The largest absolute Gasteiger partial charge is 0.310 e. The van der Waals surface area contributed by atoms with E-state index >= 15 is 0 Å². The van der Waals surface area contributed by atoms with Crippen molar-refractivity contribution < 1.29 is 0 Å². The Morgan fingerprint density at radius 2 is 2.33 bits per heavy atom. The molecule has 1 atom stereocenters. The average Bonchev–Trinajstić information content (AvgIpc) is 2.89. The predicted octanol–water partition coefficient (Wildman–Crippen LogP) is 3.44. The number of aromatic nitrogens is 2. The van der Waals surface area contributed by atoms with E-state index in [1.54, 1.807) is 5.57 Å². The zero-order valence-corrected chi connectivity index (χ0v) is 11.7. The molecule has 0 spiro atoms. The van der Waals surface area contributed by atoms with Gasteiger partial charge in [-0.3, -0.25) is 4.68 Å². The zero-order chi connectivity index (χ0) is 12.8. The Balaban J connectivity index is 1.74. The van der Waals surface area contributed by atoms with E-state index in [4.69, 9.17) is 0 Å². The maximum absolute atomic E-state index is 4.32. The monoisotopic (exact) mass is 247 g/mol. The molecule has 0 saturated heterocycles. The number of nitrogens with zero attached hydrogens (tertiary/aromatic N) is 2. The van der Waals surface area contributed by atoms with Gasteiger partial charge in [0.2, 0.25) is 0 Å². The summed E-state index contributed by atoms with van der Waals surface area (Å²) < 4.78 is 1.98. The first-order chi connectivity index (χ1) is 8.79. The van der Waals surface area contributed by atoms with Gasteiger partial charge in [0.1, 0.15) is 0 Å². The van der Waals surface area contributed by atoms with E-state index in [1.807, 2.05) is 10.9 Å². The summed E-state index contributed by atoms with van der Waals surface area (Å²) in [4.78, 5) is 0. The van der Waals surface area contributed by atoms with Gasteiger partial charge >= 0.3 is 0 Å². The third-order valence-corrected chi connectivity index (χ3v) is 3.76. The second kappa shape index (κ2) is 6.74. The summed E-state index contributed by atoms with van der Waals surface area (Å²) in [5, 5.41) is 7.91. The summed E-state index contributed by atoms with van der Waals surface area (Å²) >= 11 is 0. The van der Waals surface area contributed by atoms with Gasteiger partial charge in [-0.05, 0) is 52.5 Å². The van der Waals surface area contributed by atoms with Crippen molar-refractivity contribution in [3.8, 4) is 0 Å². The number of nitrogens with one attached hydrogen (secondary N) is 1. The van der Waals surface area contributed by atoms with Crippen LogP contribution in [0.1, 0.15) is 57.6 Å². The number of aryl methyl sites for hydroxylation is 1. The van der Waals surface area contributed by atoms with Crippen LogP contribution >= 0.6 is 0 Å². The van der Waals surface area contributed by atoms with E-state index in [2.05, 4.69) is 36.5 Å². The lowest BCUT2D eigenvalue weighted by Crippen LogP contribution is -2.20. The normalized spacial score (nSPS) is 17.6. The molecule has 1 heterocycles. The van der Waals surface area contributed by atoms with Crippen LogP contribution in [0.15, 0.2) is 24.0 Å². The average molecular weight is 247 g/mol. The Kier molecular flexibility index (Phi) is 5.00. The highest BCUT2D eigenvalue weighted by Gasteiger charge is 2.08. The fourth-order valence-corrected chi connectivity index (χ4v) is 2.47. The first-order valence-electron chi connectivity index (χ1n) is 7.23. The van der Waals surface area contributed by atoms with Crippen LogP contribution in [-0.2, 0) is 6.54 Å². The minimum Gasteiger partial charge on any atom is -0.310 e. The molecule has 1 unspecified atom stereocenters. The van der Waals surface area contributed by atoms with Crippen molar-refractivity contribution in [1.29, 1.82) is 0 Å². The molecule has 3 nitrogen and oxygen atoms in total. The molecule has 0 aliphatic heterocycles. The quantitative estimate of drug-likeness (QED) is 0.780. The Labute approximate surface area is 110 Å². The Hall–Kier alpha value is -1.09. The number of rotatable bonds is 6. The Morgan fingerprint density at radius 3 is 3.00 bits per heavy atom. The summed E-state index contributed by atoms with van der Waals surface area (Å²) in [6.07, 6.45) is 13.1. The predicted molar refractivity (Wildman–Crippen MR) is 75.5 cm³/mol. The summed E-state index contributed by atoms with van der Waals surface area (Å²) in [7, 11) is 0. The maximum Gasteiger partial charge on any atom is 0.0537 e. The van der Waals surface area contributed by atoms with Gasteiger partial charge in [-0.15, -0.1) is 0 Å². The molecule has 1 aliphatic carbocycles. The molecule has 1 aliphatic rings. The van der Waals surface area contributed by atoms with Crippen molar-refractivity contribution in [1.82, 2.24) is 15.1 Å². The minimum atomic E-state index is 0.398. The van der Waals surface area contributed by atoms with Crippen LogP contribution in [0.3, 0.4) is 0 Å². The smallest absolute Gasteiger partial charge is 0.0537 e. The van der Waals surface area contributed by atoms with Crippen LogP contribution in [-0.4, -0.2) is 16.3 Å². The fraction of sp³-hybridized carbons (Fsp3) is 0.667. The molecule has 0 bridgehead atoms. The molecular formula is C15H25N3. The molecule has 1 aromatic rings. The lowest BCUT2D eigenvalue weighted by molar-refractivity contribution is 0.561. The number of hydrogen-bond acceptors (Lipinski definition) is 2. The highest BCUT2D eigenvalue weighted by molar-refractivity contribution is 5.10. The lowest BCUT2D eigenvalue weighted by Gasteiger charge is -2.15. The molecule has 0 amide bonds. The fourth-order valence-electron chi connectivity index (χ4n) is 2.47. The molecule has 1 N–H and O–H groups in total. The molecule has 0 fully saturated rings. The summed E-state index contributed by atoms with van der Waals surface area (Å²) in [6.45, 7) is 6.35. The van der Waals surface area contributed by atoms with Crippen molar-refractivity contribution in [3.05, 3.63) is 29.6 Å². The molecular weight excluding hydrogens is 222 g/mol. The Bertz CT molecular complexity index is 392. The maximum atomic E-state index is 4.32. The zero-order valence-electron chi connectivity index (χ0n) is 11.7. The van der Waals surface area contributed by atoms with E-state index in [0.717, 1.165) is 13.1 Å². The standard InChI is InChI=1S/C15H25N3/c1-3-18-12-15(11-17-18)13(2)16-10-9-14-7-5-4-6-8-14/h7,11-13,16H,3-6,8-10H2,1-2H3. The molecule has 2 rings (SSSR count). The molecule has 0 saturated carbocycles. The van der Waals surface area contributed by atoms with E-state index < -0.39 is 0 Å². The van der Waals surface area contributed by atoms with E-state index in [9.17, 15) is 0 Å². The lowest BCUT2D eigenvalue weighted by atomic mass is 9.97. The molecule has 1 aromatic heterocycles. The third-order valence-electron chi connectivity index (χ3n) is 3.76. The Morgan fingerprint density at radius 1 is 1.44 bits per heavy atom. The highest BCUT2D eigenvalue weighted by atomic mass is 15.3. The topological polar surface area (TPSA) is 29.9 Å². The summed E-state index contributed by atoms with van der Waals surface area (Å²) in [5.74, 6) is 0. The van der Waals surface area contributed by atoms with Gasteiger partial charge < -0.3 is 5.32 Å². The third kappa shape index (κ3) is 3.70.